The minimum Gasteiger partial charge on any atom is -0.481 e. The largest absolute Gasteiger partial charge is 0.481 e. The Bertz CT molecular complexity index is 413. The number of amides is 1. The van der Waals surface area contributed by atoms with Crippen molar-refractivity contribution in [2.24, 2.45) is 11.1 Å². The van der Waals surface area contributed by atoms with Gasteiger partial charge >= 0.3 is 0 Å². The summed E-state index contributed by atoms with van der Waals surface area (Å²) in [4.78, 5) is 15.8. The average molecular weight is 251 g/mol. The van der Waals surface area contributed by atoms with Gasteiger partial charge in [-0.05, 0) is 17.0 Å². The maximum atomic E-state index is 11.8. The van der Waals surface area contributed by atoms with E-state index in [1.165, 1.54) is 0 Å². The van der Waals surface area contributed by atoms with E-state index in [-0.39, 0.29) is 11.3 Å². The van der Waals surface area contributed by atoms with E-state index in [4.69, 9.17) is 10.5 Å². The van der Waals surface area contributed by atoms with E-state index in [0.717, 1.165) is 5.56 Å². The van der Waals surface area contributed by atoms with Gasteiger partial charge in [-0.15, -0.1) is 0 Å². The Balaban J connectivity index is 2.57. The minimum atomic E-state index is -0.527. The first kappa shape index (κ1) is 14.4. The maximum Gasteiger partial charge on any atom is 0.237 e. The van der Waals surface area contributed by atoms with Crippen molar-refractivity contribution in [1.29, 1.82) is 0 Å². The van der Waals surface area contributed by atoms with Crippen LogP contribution in [0.5, 0.6) is 5.88 Å². The van der Waals surface area contributed by atoms with Gasteiger partial charge in [0.2, 0.25) is 11.8 Å². The maximum absolute atomic E-state index is 11.8. The van der Waals surface area contributed by atoms with Gasteiger partial charge in [0.15, 0.2) is 0 Å². The lowest BCUT2D eigenvalue weighted by atomic mass is 9.87. The molecule has 0 aliphatic carbocycles. The number of hydrogen-bond donors (Lipinski definition) is 2. The molecule has 1 amide bonds. The van der Waals surface area contributed by atoms with Crippen molar-refractivity contribution < 1.29 is 9.53 Å². The topological polar surface area (TPSA) is 77.2 Å². The van der Waals surface area contributed by atoms with Crippen molar-refractivity contribution >= 4 is 5.91 Å². The van der Waals surface area contributed by atoms with Crippen molar-refractivity contribution in [3.8, 4) is 5.88 Å². The van der Waals surface area contributed by atoms with Gasteiger partial charge in [-0.3, -0.25) is 4.79 Å². The van der Waals surface area contributed by atoms with Crippen molar-refractivity contribution in [2.45, 2.75) is 33.4 Å². The number of carbonyl (C=O) groups excluding carboxylic acids is 1. The molecule has 0 bridgehead atoms. The molecule has 0 unspecified atom stereocenters. The fraction of sp³-hybridized carbons (Fsp3) is 0.538. The second-order valence-corrected chi connectivity index (χ2v) is 5.27. The number of hydrogen-bond acceptors (Lipinski definition) is 4. The summed E-state index contributed by atoms with van der Waals surface area (Å²) in [6.45, 7) is 6.23. The van der Waals surface area contributed by atoms with Gasteiger partial charge < -0.3 is 15.8 Å². The number of nitrogens with one attached hydrogen (secondary N) is 1. The first-order valence-electron chi connectivity index (χ1n) is 5.87. The molecule has 18 heavy (non-hydrogen) atoms. The highest BCUT2D eigenvalue weighted by molar-refractivity contribution is 5.82. The fourth-order valence-corrected chi connectivity index (χ4v) is 1.36. The number of nitrogens with two attached hydrogens (primary N) is 1. The highest BCUT2D eigenvalue weighted by atomic mass is 16.5. The van der Waals surface area contributed by atoms with Crippen LogP contribution in [0.2, 0.25) is 0 Å². The molecule has 0 fully saturated rings. The molecule has 5 heteroatoms. The Labute approximate surface area is 108 Å². The van der Waals surface area contributed by atoms with Gasteiger partial charge in [-0.1, -0.05) is 20.8 Å². The fourth-order valence-electron chi connectivity index (χ4n) is 1.36. The highest BCUT2D eigenvalue weighted by Crippen LogP contribution is 2.17. The van der Waals surface area contributed by atoms with E-state index in [2.05, 4.69) is 10.3 Å². The normalized spacial score (nSPS) is 12.9. The summed E-state index contributed by atoms with van der Waals surface area (Å²) in [5.41, 5.74) is 6.54. The van der Waals surface area contributed by atoms with E-state index in [1.807, 2.05) is 26.8 Å². The molecule has 1 heterocycles. The van der Waals surface area contributed by atoms with E-state index in [0.29, 0.717) is 12.4 Å². The lowest BCUT2D eigenvalue weighted by Gasteiger charge is -2.25. The van der Waals surface area contributed by atoms with Gasteiger partial charge in [-0.2, -0.15) is 0 Å². The molecule has 0 aromatic carbocycles. The lowest BCUT2D eigenvalue weighted by Crippen LogP contribution is -2.48. The van der Waals surface area contributed by atoms with Crippen LogP contribution in [-0.4, -0.2) is 24.0 Å². The molecule has 0 radical (unpaired) electrons. The van der Waals surface area contributed by atoms with Crippen molar-refractivity contribution in [2.75, 3.05) is 7.11 Å². The second kappa shape index (κ2) is 5.82. The molecule has 3 N–H and O–H groups in total. The van der Waals surface area contributed by atoms with Crippen LogP contribution < -0.4 is 15.8 Å². The summed E-state index contributed by atoms with van der Waals surface area (Å²) in [6.07, 6.45) is 1.64. The standard InChI is InChI=1S/C13H21N3O2/c1-13(2,3)11(14)12(17)16-8-9-5-6-15-10(7-9)18-4/h5-7,11H,8,14H2,1-4H3,(H,16,17)/t11-/m0/s1. The number of pyridine rings is 1. The van der Waals surface area contributed by atoms with E-state index >= 15 is 0 Å². The number of rotatable bonds is 4. The van der Waals surface area contributed by atoms with Crippen molar-refractivity contribution in [3.05, 3.63) is 23.9 Å². The van der Waals surface area contributed by atoms with Crippen LogP contribution >= 0.6 is 0 Å². The third kappa shape index (κ3) is 4.00. The zero-order valence-corrected chi connectivity index (χ0v) is 11.4. The summed E-state index contributed by atoms with van der Waals surface area (Å²) >= 11 is 0. The Hall–Kier alpha value is -1.62. The van der Waals surface area contributed by atoms with Gasteiger partial charge in [0, 0.05) is 18.8 Å². The second-order valence-electron chi connectivity index (χ2n) is 5.27. The Morgan fingerprint density at radius 1 is 1.56 bits per heavy atom. The van der Waals surface area contributed by atoms with E-state index in [9.17, 15) is 4.79 Å². The molecule has 0 saturated carbocycles. The van der Waals surface area contributed by atoms with E-state index < -0.39 is 6.04 Å². The number of methoxy groups -OCH3 is 1. The number of carbonyl (C=O) groups is 1. The van der Waals surface area contributed by atoms with Gasteiger partial charge in [0.25, 0.3) is 0 Å². The van der Waals surface area contributed by atoms with Crippen LogP contribution in [0.25, 0.3) is 0 Å². The first-order chi connectivity index (χ1) is 8.34. The Kier molecular flexibility index (Phi) is 4.67. The molecule has 0 saturated heterocycles. The van der Waals surface area contributed by atoms with Crippen LogP contribution in [0.4, 0.5) is 0 Å². The predicted octanol–water partition coefficient (Wildman–Crippen LogP) is 1.08. The molecule has 0 aliphatic heterocycles. The number of aromatic nitrogens is 1. The monoisotopic (exact) mass is 251 g/mol. The highest BCUT2D eigenvalue weighted by Gasteiger charge is 2.27. The molecule has 1 atom stereocenters. The predicted molar refractivity (Wildman–Crippen MR) is 70.1 cm³/mol. The minimum absolute atomic E-state index is 0.154. The first-order valence-corrected chi connectivity index (χ1v) is 5.87. The smallest absolute Gasteiger partial charge is 0.237 e. The van der Waals surface area contributed by atoms with Crippen LogP contribution in [0.1, 0.15) is 26.3 Å². The molecule has 1 rings (SSSR count). The molecule has 100 valence electrons. The molecular weight excluding hydrogens is 230 g/mol. The zero-order valence-electron chi connectivity index (χ0n) is 11.4. The molecule has 5 nitrogen and oxygen atoms in total. The Morgan fingerprint density at radius 2 is 2.22 bits per heavy atom. The summed E-state index contributed by atoms with van der Waals surface area (Å²) in [5.74, 6) is 0.375. The van der Waals surface area contributed by atoms with Crippen LogP contribution in [-0.2, 0) is 11.3 Å². The lowest BCUT2D eigenvalue weighted by molar-refractivity contribution is -0.124. The molecule has 0 aliphatic rings. The molecule has 1 aromatic heterocycles. The Morgan fingerprint density at radius 3 is 2.78 bits per heavy atom. The molecule has 0 spiro atoms. The summed E-state index contributed by atoms with van der Waals surface area (Å²) < 4.78 is 5.01. The molecular formula is C13H21N3O2. The third-order valence-corrected chi connectivity index (χ3v) is 2.69. The summed E-state index contributed by atoms with van der Waals surface area (Å²) in [7, 11) is 1.56. The molecule has 1 aromatic rings. The third-order valence-electron chi connectivity index (χ3n) is 2.69. The quantitative estimate of drug-likeness (QED) is 0.839. The van der Waals surface area contributed by atoms with Gasteiger partial charge in [0.1, 0.15) is 0 Å². The van der Waals surface area contributed by atoms with Crippen molar-refractivity contribution in [1.82, 2.24) is 10.3 Å². The van der Waals surface area contributed by atoms with Gasteiger partial charge in [0.05, 0.1) is 13.2 Å². The number of ether oxygens (including phenoxy) is 1. The number of nitrogens with zero attached hydrogens (tertiary/aromatic N) is 1. The summed E-state index contributed by atoms with van der Waals surface area (Å²) in [5, 5.41) is 2.81. The van der Waals surface area contributed by atoms with Crippen LogP contribution in [0, 0.1) is 5.41 Å². The van der Waals surface area contributed by atoms with Crippen molar-refractivity contribution in [3.63, 3.8) is 0 Å². The van der Waals surface area contributed by atoms with Gasteiger partial charge in [-0.25, -0.2) is 4.98 Å². The zero-order chi connectivity index (χ0) is 13.8. The average Bonchev–Trinajstić information content (AvgIpc) is 2.34. The van der Waals surface area contributed by atoms with Crippen LogP contribution in [0.3, 0.4) is 0 Å². The SMILES string of the molecule is COc1cc(CNC(=O)[C@H](N)C(C)(C)C)ccn1. The van der Waals surface area contributed by atoms with E-state index in [1.54, 1.807) is 19.4 Å². The van der Waals surface area contributed by atoms with Crippen LogP contribution in [0.15, 0.2) is 18.3 Å². The summed E-state index contributed by atoms with van der Waals surface area (Å²) in [6, 6.07) is 3.08.